The van der Waals surface area contributed by atoms with Gasteiger partial charge in [-0.15, -0.1) is 5.10 Å². The third-order valence-corrected chi connectivity index (χ3v) is 5.22. The molecule has 2 aromatic rings. The largest absolute Gasteiger partial charge is 0.411 e. The van der Waals surface area contributed by atoms with Crippen LogP contribution in [0, 0.1) is 0 Å². The first-order valence-corrected chi connectivity index (χ1v) is 10.3. The quantitative estimate of drug-likeness (QED) is 0.772. The maximum atomic E-state index is 11.9. The predicted molar refractivity (Wildman–Crippen MR) is 82.9 cm³/mol. The van der Waals surface area contributed by atoms with Crippen molar-refractivity contribution in [3.63, 3.8) is 0 Å². The lowest BCUT2D eigenvalue weighted by atomic mass is 10.1. The summed E-state index contributed by atoms with van der Waals surface area (Å²) in [5.41, 5.74) is 0.843. The molecule has 0 bridgehead atoms. The van der Waals surface area contributed by atoms with Crippen molar-refractivity contribution in [1.29, 1.82) is 0 Å². The van der Waals surface area contributed by atoms with Crippen LogP contribution in [0.25, 0.3) is 0 Å². The first kappa shape index (κ1) is 17.6. The average molecular weight is 359 g/mol. The number of nitrogens with one attached hydrogen (secondary N) is 1. The smallest absolute Gasteiger partial charge is 0.335 e. The normalized spacial score (nSPS) is 13.8. The van der Waals surface area contributed by atoms with Crippen LogP contribution in [0.15, 0.2) is 40.0 Å². The highest BCUT2D eigenvalue weighted by Crippen LogP contribution is 2.20. The molecule has 0 spiro atoms. The van der Waals surface area contributed by atoms with Crippen molar-refractivity contribution in [1.82, 2.24) is 14.9 Å². The van der Waals surface area contributed by atoms with E-state index < -0.39 is 31.1 Å². The van der Waals surface area contributed by atoms with Crippen LogP contribution in [0.4, 0.5) is 0 Å². The number of benzene rings is 1. The molecule has 0 saturated heterocycles. The van der Waals surface area contributed by atoms with E-state index in [2.05, 4.69) is 14.9 Å². The highest BCUT2D eigenvalue weighted by atomic mass is 32.2. The Bertz CT molecular complexity index is 860. The van der Waals surface area contributed by atoms with Gasteiger partial charge in [0.25, 0.3) is 0 Å². The fourth-order valence-corrected chi connectivity index (χ4v) is 3.05. The number of nitrogens with zero attached hydrogens (tertiary/aromatic N) is 2. The van der Waals surface area contributed by atoms with E-state index in [4.69, 9.17) is 4.42 Å². The summed E-state index contributed by atoms with van der Waals surface area (Å²) in [5.74, 6) is -0.211. The zero-order chi connectivity index (χ0) is 17.1. The standard InChI is InChI=1S/C13H17N3O5S2/c1-3-23(19,20)16-11(9-10-7-5-4-6-8-10)12-14-15-13(21-12)22(2,17)18/h4-8,11,16H,3,9H2,1-2H3/t11-/m0/s1. The molecule has 1 N–H and O–H groups in total. The molecule has 0 aliphatic rings. The molecule has 126 valence electrons. The molecule has 8 nitrogen and oxygen atoms in total. The molecule has 0 fully saturated rings. The Kier molecular flexibility index (Phi) is 5.17. The molecule has 1 aromatic carbocycles. The van der Waals surface area contributed by atoms with E-state index in [0.29, 0.717) is 0 Å². The summed E-state index contributed by atoms with van der Waals surface area (Å²) in [6.45, 7) is 1.50. The second-order valence-corrected chi connectivity index (χ2v) is 8.88. The van der Waals surface area contributed by atoms with Crippen LogP contribution >= 0.6 is 0 Å². The molecule has 0 amide bonds. The Morgan fingerprint density at radius 1 is 1.13 bits per heavy atom. The Morgan fingerprint density at radius 3 is 2.30 bits per heavy atom. The fourth-order valence-electron chi connectivity index (χ4n) is 1.84. The highest BCUT2D eigenvalue weighted by Gasteiger charge is 2.26. The molecule has 0 aliphatic heterocycles. The topological polar surface area (TPSA) is 119 Å². The predicted octanol–water partition coefficient (Wildman–Crippen LogP) is 0.696. The monoisotopic (exact) mass is 359 g/mol. The first-order chi connectivity index (χ1) is 10.7. The first-order valence-electron chi connectivity index (χ1n) is 6.78. The van der Waals surface area contributed by atoms with Gasteiger partial charge in [-0.2, -0.15) is 0 Å². The van der Waals surface area contributed by atoms with E-state index >= 15 is 0 Å². The Balaban J connectivity index is 2.35. The van der Waals surface area contributed by atoms with Gasteiger partial charge in [0.05, 0.1) is 5.75 Å². The van der Waals surface area contributed by atoms with Crippen molar-refractivity contribution in [3.8, 4) is 0 Å². The summed E-state index contributed by atoms with van der Waals surface area (Å²) >= 11 is 0. The second kappa shape index (κ2) is 6.77. The van der Waals surface area contributed by atoms with Crippen LogP contribution in [0.1, 0.15) is 24.4 Å². The van der Waals surface area contributed by atoms with Gasteiger partial charge < -0.3 is 4.42 Å². The van der Waals surface area contributed by atoms with Gasteiger partial charge in [0.15, 0.2) is 0 Å². The molecule has 23 heavy (non-hydrogen) atoms. The van der Waals surface area contributed by atoms with Gasteiger partial charge in [0.2, 0.25) is 25.8 Å². The third-order valence-electron chi connectivity index (χ3n) is 3.02. The van der Waals surface area contributed by atoms with Crippen LogP contribution in [0.3, 0.4) is 0 Å². The molecule has 1 aromatic heterocycles. The molecule has 1 atom stereocenters. The summed E-state index contributed by atoms with van der Waals surface area (Å²) in [6, 6.07) is 8.27. The van der Waals surface area contributed by atoms with Crippen LogP contribution in [0.2, 0.25) is 0 Å². The summed E-state index contributed by atoms with van der Waals surface area (Å²) in [4.78, 5) is 0. The molecular formula is C13H17N3O5S2. The number of sulfone groups is 1. The minimum Gasteiger partial charge on any atom is -0.411 e. The number of rotatable bonds is 7. The van der Waals surface area contributed by atoms with Gasteiger partial charge >= 0.3 is 5.22 Å². The molecule has 0 saturated carbocycles. The Hall–Kier alpha value is -1.78. The summed E-state index contributed by atoms with van der Waals surface area (Å²) < 4.78 is 54.2. The van der Waals surface area contributed by atoms with Crippen LogP contribution < -0.4 is 4.72 Å². The number of aromatic nitrogens is 2. The SMILES string of the molecule is CCS(=O)(=O)N[C@@H](Cc1ccccc1)c1nnc(S(C)(=O)=O)o1. The van der Waals surface area contributed by atoms with E-state index in [1.807, 2.05) is 30.3 Å². The Morgan fingerprint density at radius 2 is 1.78 bits per heavy atom. The van der Waals surface area contributed by atoms with Crippen LogP contribution in [-0.4, -0.2) is 39.0 Å². The van der Waals surface area contributed by atoms with Crippen molar-refractivity contribution in [2.45, 2.75) is 24.6 Å². The molecule has 0 unspecified atom stereocenters. The van der Waals surface area contributed by atoms with Gasteiger partial charge in [-0.25, -0.2) is 21.6 Å². The lowest BCUT2D eigenvalue weighted by Crippen LogP contribution is -2.31. The summed E-state index contributed by atoms with van der Waals surface area (Å²) in [5, 5.41) is 6.60. The second-order valence-electron chi connectivity index (χ2n) is 4.94. The number of hydrogen-bond acceptors (Lipinski definition) is 7. The molecule has 2 rings (SSSR count). The van der Waals surface area contributed by atoms with Crippen LogP contribution in [-0.2, 0) is 26.3 Å². The zero-order valence-electron chi connectivity index (χ0n) is 12.6. The molecule has 1 heterocycles. The molecule has 0 radical (unpaired) electrons. The van der Waals surface area contributed by atoms with Crippen molar-refractivity contribution in [3.05, 3.63) is 41.8 Å². The molecular weight excluding hydrogens is 342 g/mol. The Labute approximate surface area is 134 Å². The van der Waals surface area contributed by atoms with E-state index in [0.717, 1.165) is 11.8 Å². The lowest BCUT2D eigenvalue weighted by Gasteiger charge is -2.14. The van der Waals surface area contributed by atoms with E-state index in [-0.39, 0.29) is 18.1 Å². The molecule has 10 heteroatoms. The van der Waals surface area contributed by atoms with Gasteiger partial charge in [-0.05, 0) is 18.9 Å². The van der Waals surface area contributed by atoms with Gasteiger partial charge in [-0.1, -0.05) is 35.4 Å². The minimum absolute atomic E-state index is 0.0914. The maximum absolute atomic E-state index is 11.9. The maximum Gasteiger partial charge on any atom is 0.335 e. The fraction of sp³-hybridized carbons (Fsp3) is 0.385. The van der Waals surface area contributed by atoms with Crippen molar-refractivity contribution < 1.29 is 21.3 Å². The number of hydrogen-bond donors (Lipinski definition) is 1. The van der Waals surface area contributed by atoms with Crippen molar-refractivity contribution >= 4 is 19.9 Å². The third kappa shape index (κ3) is 4.85. The highest BCUT2D eigenvalue weighted by molar-refractivity contribution is 7.90. The van der Waals surface area contributed by atoms with E-state index in [1.165, 1.54) is 6.92 Å². The molecule has 0 aliphatic carbocycles. The zero-order valence-corrected chi connectivity index (χ0v) is 14.3. The van der Waals surface area contributed by atoms with E-state index in [1.54, 1.807) is 0 Å². The van der Waals surface area contributed by atoms with Gasteiger partial charge in [-0.3, -0.25) is 0 Å². The van der Waals surface area contributed by atoms with E-state index in [9.17, 15) is 16.8 Å². The summed E-state index contributed by atoms with van der Waals surface area (Å²) in [6.07, 6.45) is 1.19. The van der Waals surface area contributed by atoms with Crippen molar-refractivity contribution in [2.75, 3.05) is 12.0 Å². The minimum atomic E-state index is -3.66. The van der Waals surface area contributed by atoms with Crippen molar-refractivity contribution in [2.24, 2.45) is 0 Å². The van der Waals surface area contributed by atoms with Gasteiger partial charge in [0, 0.05) is 6.26 Å². The number of sulfonamides is 1. The lowest BCUT2D eigenvalue weighted by molar-refractivity contribution is 0.364. The summed E-state index contributed by atoms with van der Waals surface area (Å²) in [7, 11) is -7.20. The van der Waals surface area contributed by atoms with Gasteiger partial charge in [0.1, 0.15) is 6.04 Å². The van der Waals surface area contributed by atoms with Crippen LogP contribution in [0.5, 0.6) is 0 Å². The average Bonchev–Trinajstić information content (AvgIpc) is 2.97.